The first-order valence-corrected chi connectivity index (χ1v) is 4.74. The fourth-order valence-corrected chi connectivity index (χ4v) is 1.33. The SMILES string of the molecule is Cc1cccc(CCCS)c1F. The largest absolute Gasteiger partial charge is 0.206 e. The standard InChI is InChI=1S/C10H13FS/c1-8-4-2-5-9(10(8)11)6-3-7-12/h2,4-5,12H,3,6-7H2,1H3. The lowest BCUT2D eigenvalue weighted by molar-refractivity contribution is 0.599. The van der Waals surface area contributed by atoms with E-state index in [0.29, 0.717) is 0 Å². The molecule has 0 radical (unpaired) electrons. The molecule has 0 aromatic heterocycles. The van der Waals surface area contributed by atoms with Gasteiger partial charge < -0.3 is 0 Å². The lowest BCUT2D eigenvalue weighted by atomic mass is 10.1. The van der Waals surface area contributed by atoms with Gasteiger partial charge >= 0.3 is 0 Å². The van der Waals surface area contributed by atoms with Crippen LogP contribution >= 0.6 is 12.6 Å². The minimum absolute atomic E-state index is 0.0562. The summed E-state index contributed by atoms with van der Waals surface area (Å²) in [6, 6.07) is 5.53. The Labute approximate surface area is 78.2 Å². The lowest BCUT2D eigenvalue weighted by Crippen LogP contribution is -1.93. The summed E-state index contributed by atoms with van der Waals surface area (Å²) in [4.78, 5) is 0. The molecule has 0 N–H and O–H groups in total. The zero-order valence-electron chi connectivity index (χ0n) is 7.18. The highest BCUT2D eigenvalue weighted by molar-refractivity contribution is 7.80. The zero-order chi connectivity index (χ0) is 8.97. The molecule has 0 saturated heterocycles. The average molecular weight is 184 g/mol. The van der Waals surface area contributed by atoms with E-state index in [1.54, 1.807) is 13.0 Å². The third-order valence-corrected chi connectivity index (χ3v) is 2.19. The van der Waals surface area contributed by atoms with Crippen molar-refractivity contribution in [2.45, 2.75) is 19.8 Å². The molecule has 0 saturated carbocycles. The lowest BCUT2D eigenvalue weighted by Gasteiger charge is -2.03. The Hall–Kier alpha value is -0.500. The van der Waals surface area contributed by atoms with Crippen LogP contribution in [-0.2, 0) is 6.42 Å². The van der Waals surface area contributed by atoms with E-state index < -0.39 is 0 Å². The van der Waals surface area contributed by atoms with E-state index in [9.17, 15) is 4.39 Å². The highest BCUT2D eigenvalue weighted by Gasteiger charge is 2.02. The summed E-state index contributed by atoms with van der Waals surface area (Å²) in [6.07, 6.45) is 1.72. The van der Waals surface area contributed by atoms with Gasteiger partial charge in [0.15, 0.2) is 0 Å². The van der Waals surface area contributed by atoms with Crippen LogP contribution in [0.3, 0.4) is 0 Å². The molecule has 0 unspecified atom stereocenters. The molecule has 12 heavy (non-hydrogen) atoms. The molecule has 0 amide bonds. The molecule has 1 aromatic rings. The molecule has 0 fully saturated rings. The second kappa shape index (κ2) is 4.51. The summed E-state index contributed by atoms with van der Waals surface area (Å²) in [5.74, 6) is 0.757. The van der Waals surface area contributed by atoms with Crippen LogP contribution in [0.25, 0.3) is 0 Å². The molecule has 66 valence electrons. The van der Waals surface area contributed by atoms with Crippen molar-refractivity contribution < 1.29 is 4.39 Å². The van der Waals surface area contributed by atoms with E-state index in [-0.39, 0.29) is 5.82 Å². The van der Waals surface area contributed by atoms with Gasteiger partial charge in [0.2, 0.25) is 0 Å². The van der Waals surface area contributed by atoms with Crippen molar-refractivity contribution in [3.63, 3.8) is 0 Å². The zero-order valence-corrected chi connectivity index (χ0v) is 8.07. The number of hydrogen-bond acceptors (Lipinski definition) is 1. The Bertz CT molecular complexity index is 258. The molecule has 0 bridgehead atoms. The maximum absolute atomic E-state index is 13.3. The van der Waals surface area contributed by atoms with Crippen LogP contribution in [-0.4, -0.2) is 5.75 Å². The molecule has 1 aromatic carbocycles. The van der Waals surface area contributed by atoms with Gasteiger partial charge in [0.05, 0.1) is 0 Å². The van der Waals surface area contributed by atoms with Crippen molar-refractivity contribution in [3.05, 3.63) is 35.1 Å². The van der Waals surface area contributed by atoms with Gasteiger partial charge in [-0.1, -0.05) is 18.2 Å². The number of hydrogen-bond donors (Lipinski definition) is 1. The van der Waals surface area contributed by atoms with Crippen LogP contribution in [0.4, 0.5) is 4.39 Å². The van der Waals surface area contributed by atoms with Crippen molar-refractivity contribution in [2.24, 2.45) is 0 Å². The molecule has 0 nitrogen and oxygen atoms in total. The predicted molar refractivity (Wildman–Crippen MR) is 53.3 cm³/mol. The van der Waals surface area contributed by atoms with E-state index in [1.165, 1.54) is 0 Å². The Morgan fingerprint density at radius 2 is 2.17 bits per heavy atom. The molecule has 1 rings (SSSR count). The van der Waals surface area contributed by atoms with Crippen LogP contribution in [0.5, 0.6) is 0 Å². The minimum atomic E-state index is -0.0562. The van der Waals surface area contributed by atoms with Crippen LogP contribution in [0.2, 0.25) is 0 Å². The van der Waals surface area contributed by atoms with Crippen LogP contribution < -0.4 is 0 Å². The van der Waals surface area contributed by atoms with Gasteiger partial charge in [-0.3, -0.25) is 0 Å². The molecule has 0 aliphatic carbocycles. The highest BCUT2D eigenvalue weighted by Crippen LogP contribution is 2.13. The van der Waals surface area contributed by atoms with E-state index in [2.05, 4.69) is 12.6 Å². The molecule has 0 heterocycles. The van der Waals surface area contributed by atoms with Gasteiger partial charge in [-0.15, -0.1) is 0 Å². The van der Waals surface area contributed by atoms with Crippen LogP contribution in [0.1, 0.15) is 17.5 Å². The van der Waals surface area contributed by atoms with Crippen LogP contribution in [0, 0.1) is 12.7 Å². The predicted octanol–water partition coefficient (Wildman–Crippen LogP) is 3.00. The Kier molecular flexibility index (Phi) is 3.60. The second-order valence-corrected chi connectivity index (χ2v) is 3.32. The first-order chi connectivity index (χ1) is 5.75. The van der Waals surface area contributed by atoms with E-state index in [1.807, 2.05) is 12.1 Å². The number of aryl methyl sites for hydroxylation is 2. The van der Waals surface area contributed by atoms with E-state index >= 15 is 0 Å². The summed E-state index contributed by atoms with van der Waals surface area (Å²) in [7, 11) is 0. The summed E-state index contributed by atoms with van der Waals surface area (Å²) >= 11 is 4.09. The van der Waals surface area contributed by atoms with Crippen molar-refractivity contribution in [3.8, 4) is 0 Å². The summed E-state index contributed by atoms with van der Waals surface area (Å²) in [5, 5.41) is 0. The summed E-state index contributed by atoms with van der Waals surface area (Å²) in [5.41, 5.74) is 1.54. The number of benzene rings is 1. The molecule has 0 aliphatic heterocycles. The number of halogens is 1. The molecular formula is C10H13FS. The first-order valence-electron chi connectivity index (χ1n) is 4.10. The topological polar surface area (TPSA) is 0 Å². The highest BCUT2D eigenvalue weighted by atomic mass is 32.1. The Balaban J connectivity index is 2.78. The minimum Gasteiger partial charge on any atom is -0.206 e. The van der Waals surface area contributed by atoms with Gasteiger partial charge in [-0.25, -0.2) is 4.39 Å². The van der Waals surface area contributed by atoms with Gasteiger partial charge in [0.25, 0.3) is 0 Å². The Morgan fingerprint density at radius 3 is 2.83 bits per heavy atom. The normalized spacial score (nSPS) is 10.2. The third-order valence-electron chi connectivity index (χ3n) is 1.88. The van der Waals surface area contributed by atoms with Gasteiger partial charge in [-0.2, -0.15) is 12.6 Å². The van der Waals surface area contributed by atoms with Crippen molar-refractivity contribution >= 4 is 12.6 Å². The summed E-state index contributed by atoms with van der Waals surface area (Å²) < 4.78 is 13.3. The van der Waals surface area contributed by atoms with Crippen molar-refractivity contribution in [1.29, 1.82) is 0 Å². The smallest absolute Gasteiger partial charge is 0.129 e. The van der Waals surface area contributed by atoms with Crippen molar-refractivity contribution in [1.82, 2.24) is 0 Å². The van der Waals surface area contributed by atoms with Gasteiger partial charge in [-0.05, 0) is 36.6 Å². The molecule has 2 heteroatoms. The molecule has 0 atom stereocenters. The monoisotopic (exact) mass is 184 g/mol. The maximum atomic E-state index is 13.3. The number of thiol groups is 1. The molecule has 0 aliphatic rings. The van der Waals surface area contributed by atoms with Gasteiger partial charge in [0.1, 0.15) is 5.82 Å². The third kappa shape index (κ3) is 2.24. The average Bonchev–Trinajstić information content (AvgIpc) is 2.08. The fourth-order valence-electron chi connectivity index (χ4n) is 1.17. The number of rotatable bonds is 3. The first kappa shape index (κ1) is 9.59. The second-order valence-electron chi connectivity index (χ2n) is 2.88. The van der Waals surface area contributed by atoms with E-state index in [4.69, 9.17) is 0 Å². The quantitative estimate of drug-likeness (QED) is 0.686. The van der Waals surface area contributed by atoms with E-state index in [0.717, 1.165) is 29.7 Å². The Morgan fingerprint density at radius 1 is 1.42 bits per heavy atom. The fraction of sp³-hybridized carbons (Fsp3) is 0.400. The van der Waals surface area contributed by atoms with Gasteiger partial charge in [0, 0.05) is 0 Å². The van der Waals surface area contributed by atoms with Crippen LogP contribution in [0.15, 0.2) is 18.2 Å². The molecular weight excluding hydrogens is 171 g/mol. The summed E-state index contributed by atoms with van der Waals surface area (Å²) in [6.45, 7) is 1.79. The molecule has 0 spiro atoms. The maximum Gasteiger partial charge on any atom is 0.129 e. The van der Waals surface area contributed by atoms with Crippen molar-refractivity contribution in [2.75, 3.05) is 5.75 Å².